The van der Waals surface area contributed by atoms with Crippen LogP contribution in [0, 0.1) is 26.6 Å². The van der Waals surface area contributed by atoms with Gasteiger partial charge in [-0.2, -0.15) is 10.2 Å². The lowest BCUT2D eigenvalue weighted by atomic mass is 10.1. The highest BCUT2D eigenvalue weighted by Crippen LogP contribution is 2.21. The van der Waals surface area contributed by atoms with Gasteiger partial charge in [-0.05, 0) is 56.7 Å². The van der Waals surface area contributed by atoms with Crippen LogP contribution in [-0.2, 0) is 13.1 Å². The molecule has 2 heterocycles. The van der Waals surface area contributed by atoms with Gasteiger partial charge in [0.25, 0.3) is 5.91 Å². The number of nitrogens with one attached hydrogen (secondary N) is 1. The van der Waals surface area contributed by atoms with Crippen LogP contribution in [0.15, 0.2) is 54.6 Å². The lowest BCUT2D eigenvalue weighted by Gasteiger charge is -2.08. The number of hydrogen-bond acceptors (Lipinski definition) is 3. The van der Waals surface area contributed by atoms with Crippen LogP contribution < -0.4 is 5.32 Å². The molecule has 164 valence electrons. The summed E-state index contributed by atoms with van der Waals surface area (Å²) in [5.41, 5.74) is 4.65. The molecular weight excluding hydrogens is 429 g/mol. The highest BCUT2D eigenvalue weighted by Gasteiger charge is 2.14. The van der Waals surface area contributed by atoms with Crippen molar-refractivity contribution in [1.82, 2.24) is 19.6 Å². The lowest BCUT2D eigenvalue weighted by molar-refractivity contribution is 0.102. The smallest absolute Gasteiger partial charge is 0.256 e. The Morgan fingerprint density at radius 1 is 0.969 bits per heavy atom. The summed E-state index contributed by atoms with van der Waals surface area (Å²) in [4.78, 5) is 12.8. The van der Waals surface area contributed by atoms with Gasteiger partial charge >= 0.3 is 0 Å². The lowest BCUT2D eigenvalue weighted by Crippen LogP contribution is -2.14. The second-order valence-electron chi connectivity index (χ2n) is 7.77. The summed E-state index contributed by atoms with van der Waals surface area (Å²) in [5.74, 6) is -0.268. The van der Waals surface area contributed by atoms with Gasteiger partial charge in [0.05, 0.1) is 18.8 Å². The number of rotatable bonds is 6. The predicted octanol–water partition coefficient (Wildman–Crippen LogP) is 5.15. The van der Waals surface area contributed by atoms with E-state index < -0.39 is 5.82 Å². The zero-order valence-electron chi connectivity index (χ0n) is 18.1. The SMILES string of the molecule is Cc1cc(C)n(Cc2cccc(C(=O)Nc3cc(C)n(Cc4c(F)cccc4Cl)n3)c2)n1. The minimum absolute atomic E-state index is 0.172. The van der Waals surface area contributed by atoms with Crippen LogP contribution in [-0.4, -0.2) is 25.5 Å². The number of anilines is 1. The molecule has 1 amide bonds. The van der Waals surface area contributed by atoms with Gasteiger partial charge in [0, 0.05) is 33.6 Å². The Labute approximate surface area is 190 Å². The number of amides is 1. The van der Waals surface area contributed by atoms with Crippen LogP contribution in [0.3, 0.4) is 0 Å². The van der Waals surface area contributed by atoms with Crippen LogP contribution in [0.25, 0.3) is 0 Å². The van der Waals surface area contributed by atoms with Crippen LogP contribution >= 0.6 is 11.6 Å². The fraction of sp³-hybridized carbons (Fsp3) is 0.208. The third-order valence-electron chi connectivity index (χ3n) is 5.22. The molecule has 0 bridgehead atoms. The monoisotopic (exact) mass is 451 g/mol. The molecule has 2 aromatic heterocycles. The van der Waals surface area contributed by atoms with Crippen molar-refractivity contribution < 1.29 is 9.18 Å². The third kappa shape index (κ3) is 4.73. The molecule has 6 nitrogen and oxygen atoms in total. The first-order valence-corrected chi connectivity index (χ1v) is 10.6. The van der Waals surface area contributed by atoms with Crippen LogP contribution in [0.1, 0.15) is 38.6 Å². The Bertz CT molecular complexity index is 1270. The number of aromatic nitrogens is 4. The molecule has 0 spiro atoms. The maximum atomic E-state index is 14.1. The molecule has 0 saturated heterocycles. The van der Waals surface area contributed by atoms with E-state index in [4.69, 9.17) is 11.6 Å². The zero-order chi connectivity index (χ0) is 22.8. The number of hydrogen-bond donors (Lipinski definition) is 1. The molecule has 4 rings (SSSR count). The molecule has 0 unspecified atom stereocenters. The molecule has 8 heteroatoms. The van der Waals surface area contributed by atoms with E-state index in [1.54, 1.807) is 28.9 Å². The minimum Gasteiger partial charge on any atom is -0.305 e. The Morgan fingerprint density at radius 3 is 2.41 bits per heavy atom. The minimum atomic E-state index is -0.391. The first-order valence-electron chi connectivity index (χ1n) is 10.2. The summed E-state index contributed by atoms with van der Waals surface area (Å²) >= 11 is 6.13. The topological polar surface area (TPSA) is 64.7 Å². The average Bonchev–Trinajstić information content (AvgIpc) is 3.25. The van der Waals surface area contributed by atoms with Crippen LogP contribution in [0.4, 0.5) is 10.2 Å². The first-order chi connectivity index (χ1) is 15.3. The molecule has 0 aliphatic rings. The van der Waals surface area contributed by atoms with Gasteiger partial charge in [0.15, 0.2) is 5.82 Å². The molecular formula is C24H23ClFN5O. The maximum absolute atomic E-state index is 14.1. The van der Waals surface area contributed by atoms with Crippen LogP contribution in [0.5, 0.6) is 0 Å². The maximum Gasteiger partial charge on any atom is 0.256 e. The Morgan fingerprint density at radius 2 is 1.69 bits per heavy atom. The summed E-state index contributed by atoms with van der Waals surface area (Å²) < 4.78 is 17.6. The highest BCUT2D eigenvalue weighted by atomic mass is 35.5. The molecule has 0 atom stereocenters. The molecule has 1 N–H and O–H groups in total. The normalized spacial score (nSPS) is 11.0. The average molecular weight is 452 g/mol. The number of carbonyl (C=O) groups is 1. The third-order valence-corrected chi connectivity index (χ3v) is 5.57. The van der Waals surface area contributed by atoms with Gasteiger partial charge in [-0.3, -0.25) is 14.2 Å². The number of carbonyl (C=O) groups excluding carboxylic acids is 1. The van der Waals surface area contributed by atoms with Gasteiger partial charge in [0.2, 0.25) is 0 Å². The van der Waals surface area contributed by atoms with Crippen molar-refractivity contribution in [3.05, 3.63) is 99.2 Å². The van der Waals surface area contributed by atoms with Gasteiger partial charge in [-0.25, -0.2) is 4.39 Å². The van der Waals surface area contributed by atoms with Crippen molar-refractivity contribution >= 4 is 23.3 Å². The van der Waals surface area contributed by atoms with Gasteiger partial charge in [0.1, 0.15) is 5.82 Å². The number of halogens is 2. The van der Waals surface area contributed by atoms with Gasteiger partial charge < -0.3 is 5.32 Å². The van der Waals surface area contributed by atoms with E-state index >= 15 is 0 Å². The van der Waals surface area contributed by atoms with Gasteiger partial charge in [-0.1, -0.05) is 29.8 Å². The fourth-order valence-electron chi connectivity index (χ4n) is 3.57. The highest BCUT2D eigenvalue weighted by molar-refractivity contribution is 6.31. The largest absolute Gasteiger partial charge is 0.305 e. The van der Waals surface area contributed by atoms with Crippen molar-refractivity contribution in [1.29, 1.82) is 0 Å². The Hall–Kier alpha value is -3.45. The summed E-state index contributed by atoms with van der Waals surface area (Å²) in [6, 6.07) is 15.7. The van der Waals surface area contributed by atoms with E-state index in [1.807, 2.05) is 49.7 Å². The zero-order valence-corrected chi connectivity index (χ0v) is 18.8. The molecule has 0 radical (unpaired) electrons. The first kappa shape index (κ1) is 21.8. The standard InChI is InChI=1S/C24H23ClFN5O/c1-15-10-16(2)30(28-15)13-18-6-4-7-19(12-18)24(32)27-23-11-17(3)31(29-23)14-20-21(25)8-5-9-22(20)26/h4-12H,13-14H2,1-3H3,(H,27,29,32). The van der Waals surface area contributed by atoms with E-state index in [0.29, 0.717) is 28.5 Å². The second kappa shape index (κ2) is 8.96. The summed E-state index contributed by atoms with van der Waals surface area (Å²) in [6.45, 7) is 6.55. The molecule has 0 aliphatic heterocycles. The van der Waals surface area contributed by atoms with E-state index in [2.05, 4.69) is 15.5 Å². The van der Waals surface area contributed by atoms with Crippen LogP contribution in [0.2, 0.25) is 5.02 Å². The molecule has 0 aliphatic carbocycles. The Balaban J connectivity index is 1.49. The number of aryl methyl sites for hydroxylation is 3. The predicted molar refractivity (Wildman–Crippen MR) is 123 cm³/mol. The molecule has 0 saturated carbocycles. The van der Waals surface area contributed by atoms with E-state index in [1.165, 1.54) is 6.07 Å². The van der Waals surface area contributed by atoms with E-state index in [-0.39, 0.29) is 12.5 Å². The second-order valence-corrected chi connectivity index (χ2v) is 8.18. The van der Waals surface area contributed by atoms with Gasteiger partial charge in [-0.15, -0.1) is 0 Å². The molecule has 2 aromatic carbocycles. The summed E-state index contributed by atoms with van der Waals surface area (Å²) in [6.07, 6.45) is 0. The van der Waals surface area contributed by atoms with Crippen molar-refractivity contribution in [2.24, 2.45) is 0 Å². The molecule has 0 fully saturated rings. The quantitative estimate of drug-likeness (QED) is 0.441. The van der Waals surface area contributed by atoms with E-state index in [9.17, 15) is 9.18 Å². The molecule has 4 aromatic rings. The van der Waals surface area contributed by atoms with E-state index in [0.717, 1.165) is 22.6 Å². The van der Waals surface area contributed by atoms with Crippen molar-refractivity contribution in [2.45, 2.75) is 33.9 Å². The summed E-state index contributed by atoms with van der Waals surface area (Å²) in [7, 11) is 0. The van der Waals surface area contributed by atoms with Crippen molar-refractivity contribution in [3.8, 4) is 0 Å². The number of nitrogens with zero attached hydrogens (tertiary/aromatic N) is 4. The van der Waals surface area contributed by atoms with Crippen molar-refractivity contribution in [3.63, 3.8) is 0 Å². The molecule has 32 heavy (non-hydrogen) atoms. The van der Waals surface area contributed by atoms with Crippen molar-refractivity contribution in [2.75, 3.05) is 5.32 Å². The summed E-state index contributed by atoms with van der Waals surface area (Å²) in [5, 5.41) is 12.0. The Kier molecular flexibility index (Phi) is 6.10. The number of benzene rings is 2. The fourth-order valence-corrected chi connectivity index (χ4v) is 3.79.